The van der Waals surface area contributed by atoms with Crippen LogP contribution in [0.3, 0.4) is 0 Å². The molecular formula is C18H24N2O3. The van der Waals surface area contributed by atoms with E-state index in [9.17, 15) is 9.59 Å². The molecule has 0 saturated heterocycles. The Morgan fingerprint density at radius 1 is 1.22 bits per heavy atom. The van der Waals surface area contributed by atoms with Gasteiger partial charge in [0.25, 0.3) is 0 Å². The number of hydrogen-bond donors (Lipinski definition) is 1. The van der Waals surface area contributed by atoms with Gasteiger partial charge in [-0.2, -0.15) is 5.26 Å². The van der Waals surface area contributed by atoms with Gasteiger partial charge in [-0.05, 0) is 68.6 Å². The number of hydrogen-bond acceptors (Lipinski definition) is 5. The van der Waals surface area contributed by atoms with E-state index in [2.05, 4.69) is 0 Å². The third-order valence-electron chi connectivity index (χ3n) is 5.94. The molecule has 4 rings (SSSR count). The summed E-state index contributed by atoms with van der Waals surface area (Å²) in [5.41, 5.74) is 0.0932. The Morgan fingerprint density at radius 2 is 1.74 bits per heavy atom. The van der Waals surface area contributed by atoms with Crippen molar-refractivity contribution in [2.45, 2.75) is 51.9 Å². The molecule has 4 saturated carbocycles. The first-order valence-corrected chi connectivity index (χ1v) is 8.54. The molecule has 0 aromatic carbocycles. The minimum atomic E-state index is -1.10. The van der Waals surface area contributed by atoms with Crippen molar-refractivity contribution in [3.63, 3.8) is 0 Å². The largest absolute Gasteiger partial charge is 0.458 e. The Bertz CT molecular complexity index is 540. The van der Waals surface area contributed by atoms with Crippen molar-refractivity contribution in [1.29, 1.82) is 10.7 Å². The number of carbonyl (C=O) groups excluding carboxylic acids is 2. The first kappa shape index (κ1) is 16.2. The maximum absolute atomic E-state index is 12.2. The Hall–Kier alpha value is -1.70. The monoisotopic (exact) mass is 316 g/mol. The molecule has 1 unspecified atom stereocenters. The lowest BCUT2D eigenvalue weighted by molar-refractivity contribution is -0.155. The van der Waals surface area contributed by atoms with Gasteiger partial charge in [0.15, 0.2) is 12.4 Å². The number of ether oxygens (including phenoxy) is 1. The molecule has 124 valence electrons. The third kappa shape index (κ3) is 3.31. The van der Waals surface area contributed by atoms with Crippen molar-refractivity contribution in [3.8, 4) is 6.07 Å². The van der Waals surface area contributed by atoms with E-state index in [4.69, 9.17) is 15.4 Å². The minimum Gasteiger partial charge on any atom is -0.458 e. The molecule has 4 aliphatic rings. The highest BCUT2D eigenvalue weighted by atomic mass is 16.5. The van der Waals surface area contributed by atoms with Crippen molar-refractivity contribution in [2.24, 2.45) is 29.1 Å². The quantitative estimate of drug-likeness (QED) is 0.602. The highest BCUT2D eigenvalue weighted by Crippen LogP contribution is 2.61. The molecular weight excluding hydrogens is 292 g/mol. The number of esters is 1. The Kier molecular flexibility index (Phi) is 4.27. The van der Waals surface area contributed by atoms with Crippen LogP contribution in [0.2, 0.25) is 0 Å². The fourth-order valence-electron chi connectivity index (χ4n) is 5.51. The second-order valence-electron chi connectivity index (χ2n) is 7.97. The molecule has 0 aromatic heterocycles. The second kappa shape index (κ2) is 6.07. The van der Waals surface area contributed by atoms with Gasteiger partial charge < -0.3 is 10.1 Å². The van der Waals surface area contributed by atoms with E-state index in [0.717, 1.165) is 37.0 Å². The van der Waals surface area contributed by atoms with Gasteiger partial charge in [-0.1, -0.05) is 0 Å². The van der Waals surface area contributed by atoms with E-state index in [1.807, 2.05) is 0 Å². The molecule has 0 amide bonds. The molecule has 0 aromatic rings. The fraction of sp³-hybridized carbons (Fsp3) is 0.778. The van der Waals surface area contributed by atoms with Gasteiger partial charge in [-0.15, -0.1) is 0 Å². The van der Waals surface area contributed by atoms with Gasteiger partial charge >= 0.3 is 5.97 Å². The molecule has 1 atom stereocenters. The highest BCUT2D eigenvalue weighted by molar-refractivity contribution is 6.05. The van der Waals surface area contributed by atoms with E-state index < -0.39 is 11.7 Å². The average molecular weight is 316 g/mol. The van der Waals surface area contributed by atoms with Crippen LogP contribution < -0.4 is 0 Å². The van der Waals surface area contributed by atoms with Crippen LogP contribution in [0, 0.1) is 45.8 Å². The fourth-order valence-corrected chi connectivity index (χ4v) is 5.51. The van der Waals surface area contributed by atoms with Gasteiger partial charge in [-0.3, -0.25) is 9.59 Å². The number of nitriles is 1. The Balaban J connectivity index is 1.53. The summed E-state index contributed by atoms with van der Waals surface area (Å²) in [5.74, 6) is 0.415. The minimum absolute atomic E-state index is 0.00497. The van der Waals surface area contributed by atoms with Crippen LogP contribution in [-0.4, -0.2) is 24.1 Å². The molecule has 23 heavy (non-hydrogen) atoms. The summed E-state index contributed by atoms with van der Waals surface area (Å²) in [6.07, 6.45) is 7.78. The van der Waals surface area contributed by atoms with Crippen LogP contribution >= 0.6 is 0 Å². The predicted molar refractivity (Wildman–Crippen MR) is 83.7 cm³/mol. The van der Waals surface area contributed by atoms with Crippen molar-refractivity contribution < 1.29 is 14.3 Å². The standard InChI is InChI=1S/C18H24N2O3/c1-11(20)15(9-19)16(21)10-23-17(22)8-18-5-12-2-13(6-18)4-14(3-12)7-18/h12-15,20H,2-8,10H2,1H3. The second-order valence-corrected chi connectivity index (χ2v) is 7.97. The van der Waals surface area contributed by atoms with E-state index in [1.165, 1.54) is 26.2 Å². The van der Waals surface area contributed by atoms with Crippen molar-refractivity contribution >= 4 is 17.5 Å². The first-order chi connectivity index (χ1) is 10.9. The van der Waals surface area contributed by atoms with Gasteiger partial charge in [0, 0.05) is 5.71 Å². The number of carbonyl (C=O) groups is 2. The number of rotatable bonds is 6. The maximum Gasteiger partial charge on any atom is 0.306 e. The number of ketones is 1. The van der Waals surface area contributed by atoms with Crippen LogP contribution in [0.5, 0.6) is 0 Å². The molecule has 0 aliphatic heterocycles. The molecule has 0 radical (unpaired) electrons. The average Bonchev–Trinajstić information content (AvgIpc) is 2.43. The summed E-state index contributed by atoms with van der Waals surface area (Å²) in [5, 5.41) is 16.3. The number of Topliss-reactive ketones (excluding diaryl/α,β-unsaturated/α-hetero) is 1. The molecule has 4 fully saturated rings. The van der Waals surface area contributed by atoms with E-state index in [-0.39, 0.29) is 23.7 Å². The summed E-state index contributed by atoms with van der Waals surface area (Å²) in [7, 11) is 0. The van der Waals surface area contributed by atoms with Crippen molar-refractivity contribution in [2.75, 3.05) is 6.61 Å². The summed E-state index contributed by atoms with van der Waals surface area (Å²) in [6.45, 7) is 1.03. The number of nitrogens with one attached hydrogen (secondary N) is 1. The number of nitrogens with zero attached hydrogens (tertiary/aromatic N) is 1. The molecule has 0 spiro atoms. The van der Waals surface area contributed by atoms with Crippen LogP contribution in [-0.2, 0) is 14.3 Å². The molecule has 0 heterocycles. The van der Waals surface area contributed by atoms with E-state index >= 15 is 0 Å². The van der Waals surface area contributed by atoms with Crippen LogP contribution in [0.4, 0.5) is 0 Å². The van der Waals surface area contributed by atoms with Gasteiger partial charge in [0.1, 0.15) is 5.92 Å². The first-order valence-electron chi connectivity index (χ1n) is 8.54. The van der Waals surface area contributed by atoms with E-state index in [1.54, 1.807) is 6.07 Å². The lowest BCUT2D eigenvalue weighted by Crippen LogP contribution is -2.47. The molecule has 5 heteroatoms. The zero-order valence-corrected chi connectivity index (χ0v) is 13.6. The van der Waals surface area contributed by atoms with Crippen LogP contribution in [0.15, 0.2) is 0 Å². The smallest absolute Gasteiger partial charge is 0.306 e. The predicted octanol–water partition coefficient (Wildman–Crippen LogP) is 2.88. The van der Waals surface area contributed by atoms with Crippen molar-refractivity contribution in [1.82, 2.24) is 0 Å². The van der Waals surface area contributed by atoms with Gasteiger partial charge in [-0.25, -0.2) is 0 Å². The molecule has 5 nitrogen and oxygen atoms in total. The third-order valence-corrected chi connectivity index (χ3v) is 5.94. The lowest BCUT2D eigenvalue weighted by Gasteiger charge is -2.56. The van der Waals surface area contributed by atoms with Crippen molar-refractivity contribution in [3.05, 3.63) is 0 Å². The van der Waals surface area contributed by atoms with E-state index in [0.29, 0.717) is 6.42 Å². The topological polar surface area (TPSA) is 91.0 Å². The van der Waals surface area contributed by atoms with Gasteiger partial charge in [0.2, 0.25) is 0 Å². The zero-order chi connectivity index (χ0) is 16.6. The summed E-state index contributed by atoms with van der Waals surface area (Å²) < 4.78 is 5.14. The summed E-state index contributed by atoms with van der Waals surface area (Å²) in [6, 6.07) is 1.79. The molecule has 4 bridgehead atoms. The van der Waals surface area contributed by atoms with Crippen LogP contribution in [0.25, 0.3) is 0 Å². The zero-order valence-electron chi connectivity index (χ0n) is 13.6. The van der Waals surface area contributed by atoms with Gasteiger partial charge in [0.05, 0.1) is 12.5 Å². The highest BCUT2D eigenvalue weighted by Gasteiger charge is 2.51. The lowest BCUT2D eigenvalue weighted by atomic mass is 9.49. The molecule has 1 N–H and O–H groups in total. The SMILES string of the molecule is CC(=N)C(C#N)C(=O)COC(=O)CC12CC3CC(CC(C3)C1)C2. The Morgan fingerprint density at radius 3 is 2.17 bits per heavy atom. The van der Waals surface area contributed by atoms with Crippen LogP contribution in [0.1, 0.15) is 51.9 Å². The molecule has 4 aliphatic carbocycles. The normalized spacial score (nSPS) is 35.4. The summed E-state index contributed by atoms with van der Waals surface area (Å²) in [4.78, 5) is 24.0. The summed E-state index contributed by atoms with van der Waals surface area (Å²) >= 11 is 0. The Labute approximate surface area is 136 Å². The maximum atomic E-state index is 12.2.